The normalized spacial score (nSPS) is 22.5. The fourth-order valence-corrected chi connectivity index (χ4v) is 5.29. The van der Waals surface area contributed by atoms with Crippen LogP contribution < -0.4 is 0 Å². The molecule has 1 aromatic carbocycles. The van der Waals surface area contributed by atoms with Crippen molar-refractivity contribution in [1.29, 1.82) is 0 Å². The van der Waals surface area contributed by atoms with Gasteiger partial charge in [-0.05, 0) is 42.6 Å². The molecule has 0 aromatic heterocycles. The first kappa shape index (κ1) is 19.7. The first-order valence-corrected chi connectivity index (χ1v) is 10.5. The third-order valence-corrected chi connectivity index (χ3v) is 6.61. The Balaban J connectivity index is 1.68. The van der Waals surface area contributed by atoms with E-state index in [9.17, 15) is 14.4 Å². The maximum Gasteiger partial charge on any atom is 0.323 e. The summed E-state index contributed by atoms with van der Waals surface area (Å²) in [7, 11) is 0. The Morgan fingerprint density at radius 1 is 1.22 bits per heavy atom. The molecule has 1 saturated heterocycles. The number of carboxylic acids is 1. The Hall–Kier alpha value is -2.02. The van der Waals surface area contributed by atoms with Crippen LogP contribution in [0, 0.1) is 0 Å². The molecule has 27 heavy (non-hydrogen) atoms. The lowest BCUT2D eigenvalue weighted by atomic mass is 10.0. The summed E-state index contributed by atoms with van der Waals surface area (Å²) >= 11 is 1.70. The van der Waals surface area contributed by atoms with Gasteiger partial charge in [-0.2, -0.15) is 0 Å². The van der Waals surface area contributed by atoms with Gasteiger partial charge in [0.05, 0.1) is 0 Å². The molecular formula is C20H26N2O4S. The highest BCUT2D eigenvalue weighted by molar-refractivity contribution is 8.00. The van der Waals surface area contributed by atoms with Gasteiger partial charge in [0.1, 0.15) is 11.8 Å². The predicted octanol–water partition coefficient (Wildman–Crippen LogP) is 2.33. The number of hydrogen-bond acceptors (Lipinski definition) is 4. The first-order chi connectivity index (χ1) is 13.0. The number of nitrogens with zero attached hydrogens (tertiary/aromatic N) is 2. The van der Waals surface area contributed by atoms with Crippen LogP contribution in [-0.4, -0.2) is 64.1 Å². The van der Waals surface area contributed by atoms with Crippen LogP contribution in [0.4, 0.5) is 0 Å². The molecule has 6 nitrogen and oxygen atoms in total. The minimum atomic E-state index is -1.00. The van der Waals surface area contributed by atoms with Crippen LogP contribution in [0.25, 0.3) is 0 Å². The molecule has 0 radical (unpaired) electrons. The number of likely N-dealkylation sites (tertiary alicyclic amines) is 1. The SMILES string of the molecule is CC(=O)N(CC(=O)O)C1CCCN(C(=O)C2SCCc3ccccc32)CC1. The van der Waals surface area contributed by atoms with E-state index in [4.69, 9.17) is 5.11 Å². The van der Waals surface area contributed by atoms with Crippen molar-refractivity contribution in [3.8, 4) is 0 Å². The highest BCUT2D eigenvalue weighted by Crippen LogP contribution is 2.38. The summed E-state index contributed by atoms with van der Waals surface area (Å²) in [4.78, 5) is 39.5. The van der Waals surface area contributed by atoms with Crippen LogP contribution in [0.1, 0.15) is 42.6 Å². The van der Waals surface area contributed by atoms with Gasteiger partial charge in [0.15, 0.2) is 0 Å². The second-order valence-corrected chi connectivity index (χ2v) is 8.36. The fraction of sp³-hybridized carbons (Fsp3) is 0.550. The molecule has 2 amide bonds. The lowest BCUT2D eigenvalue weighted by Gasteiger charge is -2.31. The van der Waals surface area contributed by atoms with Gasteiger partial charge in [-0.15, -0.1) is 11.8 Å². The lowest BCUT2D eigenvalue weighted by molar-refractivity contribution is -0.145. The molecule has 2 unspecified atom stereocenters. The van der Waals surface area contributed by atoms with Crippen molar-refractivity contribution in [2.75, 3.05) is 25.4 Å². The minimum Gasteiger partial charge on any atom is -0.480 e. The Labute approximate surface area is 163 Å². The second-order valence-electron chi connectivity index (χ2n) is 7.15. The summed E-state index contributed by atoms with van der Waals surface area (Å²) in [5.41, 5.74) is 2.38. The van der Waals surface area contributed by atoms with Crippen molar-refractivity contribution in [2.24, 2.45) is 0 Å². The Kier molecular flexibility index (Phi) is 6.42. The molecule has 0 spiro atoms. The van der Waals surface area contributed by atoms with Crippen LogP contribution in [0.2, 0.25) is 0 Å². The van der Waals surface area contributed by atoms with Gasteiger partial charge in [-0.3, -0.25) is 14.4 Å². The molecule has 2 atom stereocenters. The molecule has 2 heterocycles. The zero-order valence-corrected chi connectivity index (χ0v) is 16.4. The smallest absolute Gasteiger partial charge is 0.323 e. The number of carbonyl (C=O) groups is 3. The number of aryl methyl sites for hydroxylation is 1. The van der Waals surface area contributed by atoms with E-state index in [1.165, 1.54) is 17.4 Å². The van der Waals surface area contributed by atoms with Gasteiger partial charge in [0.25, 0.3) is 0 Å². The quantitative estimate of drug-likeness (QED) is 0.854. The number of carbonyl (C=O) groups excluding carboxylic acids is 2. The number of thioether (sulfide) groups is 1. The van der Waals surface area contributed by atoms with Crippen molar-refractivity contribution < 1.29 is 19.5 Å². The summed E-state index contributed by atoms with van der Waals surface area (Å²) in [5.74, 6) is -0.141. The maximum absolute atomic E-state index is 13.2. The summed E-state index contributed by atoms with van der Waals surface area (Å²) in [5, 5.41) is 8.92. The van der Waals surface area contributed by atoms with E-state index in [-0.39, 0.29) is 29.7 Å². The lowest BCUT2D eigenvalue weighted by Crippen LogP contribution is -2.43. The number of aliphatic carboxylic acids is 1. The van der Waals surface area contributed by atoms with E-state index >= 15 is 0 Å². The van der Waals surface area contributed by atoms with Crippen LogP contribution in [0.15, 0.2) is 24.3 Å². The zero-order valence-electron chi connectivity index (χ0n) is 15.6. The third kappa shape index (κ3) is 4.64. The number of amides is 2. The number of benzene rings is 1. The number of fused-ring (bicyclic) bond motifs is 1. The predicted molar refractivity (Wildman–Crippen MR) is 105 cm³/mol. The van der Waals surface area contributed by atoms with Crippen molar-refractivity contribution >= 4 is 29.5 Å². The molecule has 1 N–H and O–H groups in total. The monoisotopic (exact) mass is 390 g/mol. The third-order valence-electron chi connectivity index (χ3n) is 5.38. The topological polar surface area (TPSA) is 77.9 Å². The first-order valence-electron chi connectivity index (χ1n) is 9.44. The van der Waals surface area contributed by atoms with Crippen molar-refractivity contribution in [2.45, 2.75) is 43.9 Å². The van der Waals surface area contributed by atoms with Crippen LogP contribution >= 0.6 is 11.8 Å². The van der Waals surface area contributed by atoms with Gasteiger partial charge in [0, 0.05) is 26.1 Å². The minimum absolute atomic E-state index is 0.123. The van der Waals surface area contributed by atoms with E-state index in [1.54, 1.807) is 11.8 Å². The van der Waals surface area contributed by atoms with Crippen LogP contribution in [0.3, 0.4) is 0 Å². The van der Waals surface area contributed by atoms with E-state index < -0.39 is 5.97 Å². The number of rotatable bonds is 4. The molecule has 3 rings (SSSR count). The summed E-state index contributed by atoms with van der Waals surface area (Å²) in [6.45, 7) is 2.35. The number of carboxylic acid groups (broad SMARTS) is 1. The molecule has 2 aliphatic heterocycles. The molecule has 1 aromatic rings. The van der Waals surface area contributed by atoms with Gasteiger partial charge in [-0.1, -0.05) is 24.3 Å². The molecule has 1 fully saturated rings. The van der Waals surface area contributed by atoms with E-state index in [2.05, 4.69) is 12.1 Å². The van der Waals surface area contributed by atoms with Crippen molar-refractivity contribution in [3.63, 3.8) is 0 Å². The largest absolute Gasteiger partial charge is 0.480 e. The molecule has 2 aliphatic rings. The summed E-state index contributed by atoms with van der Waals surface area (Å²) in [6.07, 6.45) is 3.12. The highest BCUT2D eigenvalue weighted by atomic mass is 32.2. The molecule has 146 valence electrons. The Morgan fingerprint density at radius 2 is 2.00 bits per heavy atom. The van der Waals surface area contributed by atoms with Gasteiger partial charge in [-0.25, -0.2) is 0 Å². The van der Waals surface area contributed by atoms with E-state index in [1.807, 2.05) is 17.0 Å². The van der Waals surface area contributed by atoms with Gasteiger partial charge >= 0.3 is 5.97 Å². The van der Waals surface area contributed by atoms with Gasteiger partial charge < -0.3 is 14.9 Å². The van der Waals surface area contributed by atoms with Crippen molar-refractivity contribution in [3.05, 3.63) is 35.4 Å². The maximum atomic E-state index is 13.2. The summed E-state index contributed by atoms with van der Waals surface area (Å²) in [6, 6.07) is 8.04. The van der Waals surface area contributed by atoms with Crippen LogP contribution in [-0.2, 0) is 20.8 Å². The molecule has 0 aliphatic carbocycles. The Bertz CT molecular complexity index is 724. The fourth-order valence-electron chi connectivity index (χ4n) is 4.02. The zero-order chi connectivity index (χ0) is 19.4. The van der Waals surface area contributed by atoms with Gasteiger partial charge in [0.2, 0.25) is 11.8 Å². The molecular weight excluding hydrogens is 364 g/mol. The van der Waals surface area contributed by atoms with Crippen LogP contribution in [0.5, 0.6) is 0 Å². The molecule has 0 saturated carbocycles. The summed E-state index contributed by atoms with van der Waals surface area (Å²) < 4.78 is 0. The second kappa shape index (κ2) is 8.78. The average molecular weight is 391 g/mol. The highest BCUT2D eigenvalue weighted by Gasteiger charge is 2.33. The molecule has 0 bridgehead atoms. The van der Waals surface area contributed by atoms with E-state index in [0.29, 0.717) is 19.5 Å². The standard InChI is InChI=1S/C20H26N2O4S/c1-14(23)22(13-18(24)25)16-6-4-10-21(11-8-16)20(26)19-17-7-3-2-5-15(17)9-12-27-19/h2-3,5,7,16,19H,4,6,8-13H2,1H3,(H,24,25). The van der Waals surface area contributed by atoms with Crippen molar-refractivity contribution in [1.82, 2.24) is 9.80 Å². The van der Waals surface area contributed by atoms with E-state index in [0.717, 1.165) is 30.6 Å². The number of hydrogen-bond donors (Lipinski definition) is 1. The average Bonchev–Trinajstić information content (AvgIpc) is 2.91. The molecule has 7 heteroatoms. The Morgan fingerprint density at radius 3 is 2.74 bits per heavy atom.